The average Bonchev–Trinajstić information content (AvgIpc) is 2.42. The minimum absolute atomic E-state index is 0.0192. The van der Waals surface area contributed by atoms with Crippen LogP contribution in [0.2, 0.25) is 0 Å². The SMILES string of the molecule is CC1(c2ccccc2F)N=C(N)NC1=O. The Bertz CT molecular complexity index is 458. The standard InChI is InChI=1S/C10H10FN3O/c1-10(8(15)13-9(12)14-10)6-4-2-3-5-7(6)11/h2-5H,1H3,(H3,12,13,14,15). The molecular formula is C10H10FN3O. The van der Waals surface area contributed by atoms with Gasteiger partial charge >= 0.3 is 0 Å². The van der Waals surface area contributed by atoms with E-state index < -0.39 is 17.3 Å². The van der Waals surface area contributed by atoms with Gasteiger partial charge in [0.25, 0.3) is 5.91 Å². The fraction of sp³-hybridized carbons (Fsp3) is 0.200. The molecule has 0 aromatic heterocycles. The molecule has 2 rings (SSSR count). The molecule has 1 aliphatic heterocycles. The zero-order chi connectivity index (χ0) is 11.1. The van der Waals surface area contributed by atoms with E-state index in [1.165, 1.54) is 19.1 Å². The first-order chi connectivity index (χ1) is 7.04. The van der Waals surface area contributed by atoms with Gasteiger partial charge in [0.1, 0.15) is 5.82 Å². The minimum Gasteiger partial charge on any atom is -0.370 e. The molecule has 1 atom stereocenters. The van der Waals surface area contributed by atoms with E-state index in [4.69, 9.17) is 5.73 Å². The molecule has 1 unspecified atom stereocenters. The van der Waals surface area contributed by atoms with Crippen molar-refractivity contribution in [1.29, 1.82) is 0 Å². The molecule has 0 fully saturated rings. The van der Waals surface area contributed by atoms with Crippen molar-refractivity contribution >= 4 is 11.9 Å². The molecule has 0 saturated carbocycles. The van der Waals surface area contributed by atoms with Crippen molar-refractivity contribution in [2.45, 2.75) is 12.5 Å². The molecule has 0 radical (unpaired) electrons. The Hall–Kier alpha value is -1.91. The number of rotatable bonds is 1. The van der Waals surface area contributed by atoms with Crippen LogP contribution in [0, 0.1) is 5.82 Å². The van der Waals surface area contributed by atoms with Crippen molar-refractivity contribution in [2.75, 3.05) is 0 Å². The second-order valence-electron chi connectivity index (χ2n) is 3.50. The van der Waals surface area contributed by atoms with Crippen LogP contribution in [0.4, 0.5) is 4.39 Å². The van der Waals surface area contributed by atoms with Crippen LogP contribution >= 0.6 is 0 Å². The highest BCUT2D eigenvalue weighted by Gasteiger charge is 2.41. The van der Waals surface area contributed by atoms with Crippen LogP contribution in [-0.2, 0) is 10.3 Å². The van der Waals surface area contributed by atoms with E-state index in [1.807, 2.05) is 0 Å². The summed E-state index contributed by atoms with van der Waals surface area (Å²) in [6, 6.07) is 6.03. The van der Waals surface area contributed by atoms with Gasteiger partial charge in [-0.2, -0.15) is 0 Å². The van der Waals surface area contributed by atoms with Crippen molar-refractivity contribution in [3.8, 4) is 0 Å². The van der Waals surface area contributed by atoms with Crippen LogP contribution < -0.4 is 11.1 Å². The predicted octanol–water partition coefficient (Wildman–Crippen LogP) is 0.485. The van der Waals surface area contributed by atoms with E-state index in [1.54, 1.807) is 12.1 Å². The number of carbonyl (C=O) groups is 1. The van der Waals surface area contributed by atoms with Crippen molar-refractivity contribution in [2.24, 2.45) is 10.7 Å². The van der Waals surface area contributed by atoms with Gasteiger partial charge in [-0.15, -0.1) is 0 Å². The molecule has 5 heteroatoms. The molecule has 15 heavy (non-hydrogen) atoms. The van der Waals surface area contributed by atoms with Gasteiger partial charge in [0.05, 0.1) is 0 Å². The van der Waals surface area contributed by atoms with Crippen LogP contribution in [0.3, 0.4) is 0 Å². The third-order valence-corrected chi connectivity index (χ3v) is 2.43. The largest absolute Gasteiger partial charge is 0.370 e. The van der Waals surface area contributed by atoms with E-state index in [-0.39, 0.29) is 11.5 Å². The minimum atomic E-state index is -1.25. The van der Waals surface area contributed by atoms with E-state index in [9.17, 15) is 9.18 Å². The van der Waals surface area contributed by atoms with Crippen molar-refractivity contribution in [1.82, 2.24) is 5.32 Å². The highest BCUT2D eigenvalue weighted by molar-refractivity contribution is 6.06. The first-order valence-corrected chi connectivity index (χ1v) is 4.46. The fourth-order valence-corrected chi connectivity index (χ4v) is 1.60. The number of halogens is 1. The lowest BCUT2D eigenvalue weighted by atomic mass is 9.92. The zero-order valence-corrected chi connectivity index (χ0v) is 8.12. The van der Waals surface area contributed by atoms with E-state index in [2.05, 4.69) is 10.3 Å². The molecule has 0 bridgehead atoms. The van der Waals surface area contributed by atoms with Crippen molar-refractivity contribution in [3.05, 3.63) is 35.6 Å². The summed E-state index contributed by atoms with van der Waals surface area (Å²) in [5.41, 5.74) is 4.35. The summed E-state index contributed by atoms with van der Waals surface area (Å²) < 4.78 is 13.5. The smallest absolute Gasteiger partial charge is 0.259 e. The Morgan fingerprint density at radius 3 is 2.67 bits per heavy atom. The lowest BCUT2D eigenvalue weighted by Crippen LogP contribution is -2.37. The molecular weight excluding hydrogens is 197 g/mol. The first kappa shape index (κ1) is 9.64. The molecule has 0 spiro atoms. The molecule has 3 N–H and O–H groups in total. The quantitative estimate of drug-likeness (QED) is 0.703. The number of benzene rings is 1. The van der Waals surface area contributed by atoms with Crippen molar-refractivity contribution in [3.63, 3.8) is 0 Å². The van der Waals surface area contributed by atoms with E-state index >= 15 is 0 Å². The van der Waals surface area contributed by atoms with Gasteiger partial charge in [-0.05, 0) is 13.0 Å². The number of aliphatic imine (C=N–C) groups is 1. The maximum Gasteiger partial charge on any atom is 0.259 e. The topological polar surface area (TPSA) is 67.5 Å². The van der Waals surface area contributed by atoms with E-state index in [0.717, 1.165) is 0 Å². The lowest BCUT2D eigenvalue weighted by Gasteiger charge is -2.18. The maximum absolute atomic E-state index is 13.5. The summed E-state index contributed by atoms with van der Waals surface area (Å²) in [6.07, 6.45) is 0. The molecule has 1 aromatic rings. The second-order valence-corrected chi connectivity index (χ2v) is 3.50. The Labute approximate surface area is 86.0 Å². The van der Waals surface area contributed by atoms with Gasteiger partial charge in [0.15, 0.2) is 11.5 Å². The molecule has 78 valence electrons. The molecule has 1 aromatic carbocycles. The van der Waals surface area contributed by atoms with Crippen molar-refractivity contribution < 1.29 is 9.18 Å². The van der Waals surface area contributed by atoms with Gasteiger partial charge < -0.3 is 5.73 Å². The summed E-state index contributed by atoms with van der Waals surface area (Å²) in [5, 5.41) is 2.36. The maximum atomic E-state index is 13.5. The van der Waals surface area contributed by atoms with Crippen LogP contribution in [0.5, 0.6) is 0 Å². The summed E-state index contributed by atoms with van der Waals surface area (Å²) in [6.45, 7) is 1.53. The summed E-state index contributed by atoms with van der Waals surface area (Å²) in [7, 11) is 0. The normalized spacial score (nSPS) is 24.9. The third kappa shape index (κ3) is 1.36. The van der Waals surface area contributed by atoms with E-state index in [0.29, 0.717) is 0 Å². The number of nitrogens with one attached hydrogen (secondary N) is 1. The Morgan fingerprint density at radius 1 is 1.47 bits per heavy atom. The monoisotopic (exact) mass is 207 g/mol. The van der Waals surface area contributed by atoms with Gasteiger partial charge in [-0.25, -0.2) is 9.38 Å². The van der Waals surface area contributed by atoms with Gasteiger partial charge in [-0.1, -0.05) is 18.2 Å². The Kier molecular flexibility index (Phi) is 1.96. The second kappa shape index (κ2) is 3.05. The molecule has 0 saturated heterocycles. The molecule has 4 nitrogen and oxygen atoms in total. The Balaban J connectivity index is 2.56. The molecule has 1 heterocycles. The number of nitrogens with two attached hydrogens (primary N) is 1. The van der Waals surface area contributed by atoms with Crippen LogP contribution in [0.15, 0.2) is 29.3 Å². The number of carbonyl (C=O) groups excluding carboxylic acids is 1. The third-order valence-electron chi connectivity index (χ3n) is 2.43. The first-order valence-electron chi connectivity index (χ1n) is 4.46. The number of hydrogen-bond acceptors (Lipinski definition) is 3. The number of amides is 1. The summed E-state index contributed by atoms with van der Waals surface area (Å²) in [5.74, 6) is -0.857. The summed E-state index contributed by atoms with van der Waals surface area (Å²) in [4.78, 5) is 15.5. The fourth-order valence-electron chi connectivity index (χ4n) is 1.60. The predicted molar refractivity (Wildman–Crippen MR) is 53.5 cm³/mol. The van der Waals surface area contributed by atoms with Crippen LogP contribution in [0.1, 0.15) is 12.5 Å². The lowest BCUT2D eigenvalue weighted by molar-refractivity contribution is -0.123. The van der Waals surface area contributed by atoms with Gasteiger partial charge in [0.2, 0.25) is 0 Å². The Morgan fingerprint density at radius 2 is 2.13 bits per heavy atom. The van der Waals surface area contributed by atoms with Gasteiger partial charge in [-0.3, -0.25) is 10.1 Å². The molecule has 1 aliphatic rings. The van der Waals surface area contributed by atoms with Gasteiger partial charge in [0, 0.05) is 5.56 Å². The highest BCUT2D eigenvalue weighted by Crippen LogP contribution is 2.30. The zero-order valence-electron chi connectivity index (χ0n) is 8.12. The number of guanidine groups is 1. The molecule has 1 amide bonds. The number of hydrogen-bond donors (Lipinski definition) is 2. The molecule has 0 aliphatic carbocycles. The summed E-state index contributed by atoms with van der Waals surface area (Å²) >= 11 is 0. The van der Waals surface area contributed by atoms with Crippen LogP contribution in [-0.4, -0.2) is 11.9 Å². The average molecular weight is 207 g/mol. The number of nitrogens with zero attached hydrogens (tertiary/aromatic N) is 1. The van der Waals surface area contributed by atoms with Crippen LogP contribution in [0.25, 0.3) is 0 Å². The highest BCUT2D eigenvalue weighted by atomic mass is 19.1.